The molecule has 1 aromatic rings. The molecule has 1 amide bonds. The molecule has 0 radical (unpaired) electrons. The average Bonchev–Trinajstić information content (AvgIpc) is 2.70. The Morgan fingerprint density at radius 2 is 2.40 bits per heavy atom. The van der Waals surface area contributed by atoms with Crippen LogP contribution in [0.25, 0.3) is 0 Å². The van der Waals surface area contributed by atoms with Crippen LogP contribution in [0.1, 0.15) is 23.9 Å². The number of carbonyl (C=O) groups is 1. The molecule has 2 unspecified atom stereocenters. The fourth-order valence-electron chi connectivity index (χ4n) is 1.05. The van der Waals surface area contributed by atoms with E-state index in [1.807, 2.05) is 6.92 Å². The van der Waals surface area contributed by atoms with E-state index in [4.69, 9.17) is 4.42 Å². The quantitative estimate of drug-likeness (QED) is 0.824. The third-order valence-electron chi connectivity index (χ3n) is 2.15. The third kappa shape index (κ3) is 3.87. The van der Waals surface area contributed by atoms with E-state index < -0.39 is 10.8 Å². The molecule has 0 saturated carbocycles. The Balaban J connectivity index is 2.27. The highest BCUT2D eigenvalue weighted by atomic mass is 32.2. The standard InChI is InChI=1S/C10H15NO3S/c1-8(15(2)13)5-6-11-10(12)9-4-3-7-14-9/h3-4,7-8H,5-6H2,1-2H3,(H,11,12). The summed E-state index contributed by atoms with van der Waals surface area (Å²) in [6.07, 6.45) is 3.83. The van der Waals surface area contributed by atoms with Gasteiger partial charge in [0.05, 0.1) is 6.26 Å². The van der Waals surface area contributed by atoms with Gasteiger partial charge in [0.2, 0.25) is 0 Å². The fraction of sp³-hybridized carbons (Fsp3) is 0.500. The largest absolute Gasteiger partial charge is 0.459 e. The van der Waals surface area contributed by atoms with Crippen molar-refractivity contribution in [3.05, 3.63) is 24.2 Å². The fourth-order valence-corrected chi connectivity index (χ4v) is 1.50. The molecule has 15 heavy (non-hydrogen) atoms. The molecule has 1 heterocycles. The summed E-state index contributed by atoms with van der Waals surface area (Å²) >= 11 is 0. The van der Waals surface area contributed by atoms with Crippen molar-refractivity contribution in [2.75, 3.05) is 12.8 Å². The van der Waals surface area contributed by atoms with Crippen molar-refractivity contribution in [2.45, 2.75) is 18.6 Å². The van der Waals surface area contributed by atoms with Gasteiger partial charge in [0.15, 0.2) is 5.76 Å². The molecule has 0 aliphatic rings. The van der Waals surface area contributed by atoms with Crippen molar-refractivity contribution in [2.24, 2.45) is 0 Å². The Bertz CT molecular complexity index is 334. The monoisotopic (exact) mass is 229 g/mol. The number of amides is 1. The topological polar surface area (TPSA) is 59.3 Å². The second-order valence-electron chi connectivity index (χ2n) is 3.33. The molecule has 1 aromatic heterocycles. The predicted molar refractivity (Wildman–Crippen MR) is 59.2 cm³/mol. The van der Waals surface area contributed by atoms with Crippen LogP contribution in [-0.4, -0.2) is 28.2 Å². The van der Waals surface area contributed by atoms with Gasteiger partial charge in [-0.05, 0) is 18.6 Å². The molecule has 0 aliphatic heterocycles. The van der Waals surface area contributed by atoms with Gasteiger partial charge in [-0.25, -0.2) is 0 Å². The van der Waals surface area contributed by atoms with Crippen LogP contribution in [0.2, 0.25) is 0 Å². The van der Waals surface area contributed by atoms with Crippen molar-refractivity contribution in [1.82, 2.24) is 5.32 Å². The number of hydrogen-bond acceptors (Lipinski definition) is 3. The first-order chi connectivity index (χ1) is 7.11. The Morgan fingerprint density at radius 1 is 1.67 bits per heavy atom. The molecule has 0 bridgehead atoms. The summed E-state index contributed by atoms with van der Waals surface area (Å²) in [7, 11) is -0.836. The minimum absolute atomic E-state index is 0.0990. The van der Waals surface area contributed by atoms with E-state index in [2.05, 4.69) is 5.32 Å². The van der Waals surface area contributed by atoms with Crippen LogP contribution < -0.4 is 5.32 Å². The van der Waals surface area contributed by atoms with Crippen LogP contribution in [0.4, 0.5) is 0 Å². The molecular weight excluding hydrogens is 214 g/mol. The Kier molecular flexibility index (Phi) is 4.55. The zero-order chi connectivity index (χ0) is 11.3. The summed E-state index contributed by atoms with van der Waals surface area (Å²) in [5.41, 5.74) is 0. The molecule has 1 rings (SSSR count). The van der Waals surface area contributed by atoms with E-state index >= 15 is 0 Å². The van der Waals surface area contributed by atoms with Gasteiger partial charge < -0.3 is 9.73 Å². The Morgan fingerprint density at radius 3 is 2.93 bits per heavy atom. The molecule has 0 saturated heterocycles. The smallest absolute Gasteiger partial charge is 0.286 e. The lowest BCUT2D eigenvalue weighted by Gasteiger charge is -2.08. The van der Waals surface area contributed by atoms with E-state index in [0.29, 0.717) is 18.7 Å². The summed E-state index contributed by atoms with van der Waals surface area (Å²) in [5, 5.41) is 2.80. The Hall–Kier alpha value is -1.10. The minimum atomic E-state index is -0.836. The molecular formula is C10H15NO3S. The number of furan rings is 1. The van der Waals surface area contributed by atoms with Gasteiger partial charge in [0.1, 0.15) is 0 Å². The maximum atomic E-state index is 11.4. The van der Waals surface area contributed by atoms with Crippen LogP contribution in [0.3, 0.4) is 0 Å². The van der Waals surface area contributed by atoms with Crippen molar-refractivity contribution in [1.29, 1.82) is 0 Å². The Labute approximate surface area is 91.5 Å². The van der Waals surface area contributed by atoms with Crippen molar-refractivity contribution >= 4 is 16.7 Å². The normalized spacial score (nSPS) is 14.5. The van der Waals surface area contributed by atoms with Gasteiger partial charge in [-0.15, -0.1) is 0 Å². The van der Waals surface area contributed by atoms with Crippen LogP contribution in [0, 0.1) is 0 Å². The number of rotatable bonds is 5. The summed E-state index contributed by atoms with van der Waals surface area (Å²) < 4.78 is 16.0. The lowest BCUT2D eigenvalue weighted by Crippen LogP contribution is -2.27. The summed E-state index contributed by atoms with van der Waals surface area (Å²) in [5.74, 6) is 0.0781. The van der Waals surface area contributed by atoms with Crippen molar-refractivity contribution < 1.29 is 13.4 Å². The number of nitrogens with one attached hydrogen (secondary N) is 1. The first-order valence-electron chi connectivity index (χ1n) is 4.75. The van der Waals surface area contributed by atoms with Gasteiger partial charge in [0.25, 0.3) is 5.91 Å². The molecule has 0 spiro atoms. The summed E-state index contributed by atoms with van der Waals surface area (Å²) in [6.45, 7) is 2.41. The molecule has 1 N–H and O–H groups in total. The molecule has 0 fully saturated rings. The molecule has 0 aliphatic carbocycles. The SMILES string of the molecule is CC(CCNC(=O)c1ccco1)S(C)=O. The third-order valence-corrected chi connectivity index (χ3v) is 3.52. The lowest BCUT2D eigenvalue weighted by molar-refractivity contribution is 0.0925. The number of hydrogen-bond donors (Lipinski definition) is 1. The molecule has 84 valence electrons. The van der Waals surface area contributed by atoms with Crippen molar-refractivity contribution in [3.63, 3.8) is 0 Å². The van der Waals surface area contributed by atoms with Gasteiger partial charge >= 0.3 is 0 Å². The van der Waals surface area contributed by atoms with E-state index in [-0.39, 0.29) is 11.2 Å². The molecule has 4 nitrogen and oxygen atoms in total. The zero-order valence-electron chi connectivity index (χ0n) is 8.86. The summed E-state index contributed by atoms with van der Waals surface area (Å²) in [4.78, 5) is 11.4. The zero-order valence-corrected chi connectivity index (χ0v) is 9.67. The molecule has 5 heteroatoms. The van der Waals surface area contributed by atoms with Gasteiger partial charge in [-0.3, -0.25) is 9.00 Å². The maximum Gasteiger partial charge on any atom is 0.286 e. The van der Waals surface area contributed by atoms with Gasteiger partial charge in [0, 0.05) is 28.9 Å². The highest BCUT2D eigenvalue weighted by molar-refractivity contribution is 7.84. The first kappa shape index (κ1) is 12.0. The number of carbonyl (C=O) groups excluding carboxylic acids is 1. The van der Waals surface area contributed by atoms with Crippen LogP contribution in [0.5, 0.6) is 0 Å². The lowest BCUT2D eigenvalue weighted by atomic mass is 10.3. The van der Waals surface area contributed by atoms with Crippen LogP contribution in [-0.2, 0) is 10.8 Å². The van der Waals surface area contributed by atoms with E-state index in [1.165, 1.54) is 6.26 Å². The van der Waals surface area contributed by atoms with Gasteiger partial charge in [-0.1, -0.05) is 6.92 Å². The van der Waals surface area contributed by atoms with E-state index in [0.717, 1.165) is 0 Å². The van der Waals surface area contributed by atoms with Crippen LogP contribution >= 0.6 is 0 Å². The van der Waals surface area contributed by atoms with E-state index in [9.17, 15) is 9.00 Å². The van der Waals surface area contributed by atoms with E-state index in [1.54, 1.807) is 18.4 Å². The van der Waals surface area contributed by atoms with Gasteiger partial charge in [-0.2, -0.15) is 0 Å². The minimum Gasteiger partial charge on any atom is -0.459 e. The second-order valence-corrected chi connectivity index (χ2v) is 5.13. The first-order valence-corrected chi connectivity index (χ1v) is 6.37. The molecule has 2 atom stereocenters. The maximum absolute atomic E-state index is 11.4. The molecule has 0 aromatic carbocycles. The summed E-state index contributed by atoms with van der Waals surface area (Å²) in [6, 6.07) is 3.27. The second kappa shape index (κ2) is 5.70. The van der Waals surface area contributed by atoms with Crippen LogP contribution in [0.15, 0.2) is 22.8 Å². The highest BCUT2D eigenvalue weighted by Gasteiger charge is 2.09. The predicted octanol–water partition coefficient (Wildman–Crippen LogP) is 1.17. The highest BCUT2D eigenvalue weighted by Crippen LogP contribution is 2.01. The average molecular weight is 229 g/mol. The van der Waals surface area contributed by atoms with Crippen molar-refractivity contribution in [3.8, 4) is 0 Å².